The number of benzene rings is 2. The quantitative estimate of drug-likeness (QED) is 0.877. The van der Waals surface area contributed by atoms with Gasteiger partial charge in [0.25, 0.3) is 5.91 Å². The summed E-state index contributed by atoms with van der Waals surface area (Å²) in [5.41, 5.74) is 3.86. The number of hydrogen-bond donors (Lipinski definition) is 2. The summed E-state index contributed by atoms with van der Waals surface area (Å²) in [4.78, 5) is 12.2. The predicted molar refractivity (Wildman–Crippen MR) is 77.5 cm³/mol. The van der Waals surface area contributed by atoms with Crippen molar-refractivity contribution >= 4 is 5.91 Å². The SMILES string of the molecule is Cc1ccc(C(=O)NC2c3ccccc3CC2O)cc1. The molecule has 0 saturated heterocycles. The van der Waals surface area contributed by atoms with Crippen molar-refractivity contribution in [2.24, 2.45) is 0 Å². The van der Waals surface area contributed by atoms with Crippen LogP contribution in [-0.4, -0.2) is 17.1 Å². The van der Waals surface area contributed by atoms with Crippen LogP contribution >= 0.6 is 0 Å². The fourth-order valence-corrected chi connectivity index (χ4v) is 2.68. The van der Waals surface area contributed by atoms with Crippen molar-refractivity contribution in [3.63, 3.8) is 0 Å². The number of amides is 1. The number of aliphatic hydroxyl groups excluding tert-OH is 1. The van der Waals surface area contributed by atoms with Crippen LogP contribution in [0, 0.1) is 6.92 Å². The molecule has 3 rings (SSSR count). The smallest absolute Gasteiger partial charge is 0.251 e. The maximum absolute atomic E-state index is 12.2. The van der Waals surface area contributed by atoms with E-state index in [0.717, 1.165) is 16.7 Å². The van der Waals surface area contributed by atoms with Gasteiger partial charge < -0.3 is 10.4 Å². The summed E-state index contributed by atoms with van der Waals surface area (Å²) in [6.07, 6.45) is 0.0384. The number of nitrogens with one attached hydrogen (secondary N) is 1. The molecule has 1 aliphatic carbocycles. The van der Waals surface area contributed by atoms with E-state index in [0.29, 0.717) is 12.0 Å². The van der Waals surface area contributed by atoms with Gasteiger partial charge in [-0.25, -0.2) is 0 Å². The van der Waals surface area contributed by atoms with E-state index in [1.807, 2.05) is 43.3 Å². The van der Waals surface area contributed by atoms with Crippen LogP contribution in [0.1, 0.15) is 33.1 Å². The summed E-state index contributed by atoms with van der Waals surface area (Å²) in [7, 11) is 0. The molecule has 3 heteroatoms. The van der Waals surface area contributed by atoms with E-state index < -0.39 is 6.10 Å². The van der Waals surface area contributed by atoms with Gasteiger partial charge in [0.05, 0.1) is 12.1 Å². The molecule has 0 fully saturated rings. The Labute approximate surface area is 118 Å². The standard InChI is InChI=1S/C17H17NO2/c1-11-6-8-12(9-7-11)17(20)18-16-14-5-3-2-4-13(14)10-15(16)19/h2-9,15-16,19H,10H2,1H3,(H,18,20). The highest BCUT2D eigenvalue weighted by Gasteiger charge is 2.31. The molecule has 102 valence electrons. The molecule has 0 radical (unpaired) electrons. The normalized spacial score (nSPS) is 20.5. The Morgan fingerprint density at radius 3 is 2.60 bits per heavy atom. The average molecular weight is 267 g/mol. The van der Waals surface area contributed by atoms with E-state index in [4.69, 9.17) is 0 Å². The molecule has 20 heavy (non-hydrogen) atoms. The van der Waals surface area contributed by atoms with Gasteiger partial charge in [-0.2, -0.15) is 0 Å². The number of fused-ring (bicyclic) bond motifs is 1. The van der Waals surface area contributed by atoms with E-state index in [2.05, 4.69) is 5.32 Å². The number of aryl methyl sites for hydroxylation is 1. The Hall–Kier alpha value is -2.13. The number of carbonyl (C=O) groups is 1. The summed E-state index contributed by atoms with van der Waals surface area (Å²) < 4.78 is 0. The topological polar surface area (TPSA) is 49.3 Å². The van der Waals surface area contributed by atoms with Crippen LogP contribution in [0.3, 0.4) is 0 Å². The summed E-state index contributed by atoms with van der Waals surface area (Å²) in [5, 5.41) is 13.1. The second-order valence-corrected chi connectivity index (χ2v) is 5.29. The Morgan fingerprint density at radius 2 is 1.85 bits per heavy atom. The van der Waals surface area contributed by atoms with Crippen molar-refractivity contribution in [2.75, 3.05) is 0 Å². The first-order valence-electron chi connectivity index (χ1n) is 6.78. The first-order chi connectivity index (χ1) is 9.65. The molecule has 2 unspecified atom stereocenters. The minimum absolute atomic E-state index is 0.147. The van der Waals surface area contributed by atoms with Crippen molar-refractivity contribution in [3.8, 4) is 0 Å². The van der Waals surface area contributed by atoms with Crippen LogP contribution < -0.4 is 5.32 Å². The van der Waals surface area contributed by atoms with Gasteiger partial charge >= 0.3 is 0 Å². The summed E-state index contributed by atoms with van der Waals surface area (Å²) in [5.74, 6) is -0.147. The second-order valence-electron chi connectivity index (χ2n) is 5.29. The van der Waals surface area contributed by atoms with Crippen LogP contribution in [0.4, 0.5) is 0 Å². The molecular weight excluding hydrogens is 250 g/mol. The van der Waals surface area contributed by atoms with Gasteiger partial charge in [0.1, 0.15) is 0 Å². The van der Waals surface area contributed by atoms with Gasteiger partial charge in [0, 0.05) is 12.0 Å². The van der Waals surface area contributed by atoms with Crippen molar-refractivity contribution in [2.45, 2.75) is 25.5 Å². The molecule has 2 aromatic carbocycles. The second kappa shape index (κ2) is 5.10. The highest BCUT2D eigenvalue weighted by atomic mass is 16.3. The monoisotopic (exact) mass is 267 g/mol. The number of rotatable bonds is 2. The molecule has 0 spiro atoms. The fraction of sp³-hybridized carbons (Fsp3) is 0.235. The highest BCUT2D eigenvalue weighted by molar-refractivity contribution is 5.94. The van der Waals surface area contributed by atoms with Crippen LogP contribution in [-0.2, 0) is 6.42 Å². The molecule has 3 nitrogen and oxygen atoms in total. The minimum atomic E-state index is -0.554. The minimum Gasteiger partial charge on any atom is -0.390 e. The molecule has 2 N–H and O–H groups in total. The van der Waals surface area contributed by atoms with Crippen LogP contribution in [0.5, 0.6) is 0 Å². The van der Waals surface area contributed by atoms with Crippen molar-refractivity contribution in [3.05, 3.63) is 70.8 Å². The Morgan fingerprint density at radius 1 is 1.15 bits per heavy atom. The third-order valence-corrected chi connectivity index (χ3v) is 3.80. The Bertz CT molecular complexity index is 634. The lowest BCUT2D eigenvalue weighted by Crippen LogP contribution is -2.33. The lowest BCUT2D eigenvalue weighted by Gasteiger charge is -2.18. The zero-order valence-electron chi connectivity index (χ0n) is 11.3. The highest BCUT2D eigenvalue weighted by Crippen LogP contribution is 2.31. The largest absolute Gasteiger partial charge is 0.390 e. The zero-order chi connectivity index (χ0) is 14.1. The third-order valence-electron chi connectivity index (χ3n) is 3.80. The van der Waals surface area contributed by atoms with Gasteiger partial charge in [0.15, 0.2) is 0 Å². The van der Waals surface area contributed by atoms with Gasteiger partial charge in [-0.3, -0.25) is 4.79 Å². The summed E-state index contributed by atoms with van der Waals surface area (Å²) >= 11 is 0. The van der Waals surface area contributed by atoms with Gasteiger partial charge in [-0.1, -0.05) is 42.0 Å². The third kappa shape index (κ3) is 2.32. The molecule has 0 heterocycles. The lowest BCUT2D eigenvalue weighted by atomic mass is 10.1. The van der Waals surface area contributed by atoms with Crippen LogP contribution in [0.25, 0.3) is 0 Å². The van der Waals surface area contributed by atoms with Crippen molar-refractivity contribution < 1.29 is 9.90 Å². The maximum Gasteiger partial charge on any atom is 0.251 e. The number of aliphatic hydroxyl groups is 1. The Kier molecular flexibility index (Phi) is 3.28. The molecule has 2 atom stereocenters. The maximum atomic E-state index is 12.2. The molecule has 2 aromatic rings. The fourth-order valence-electron chi connectivity index (χ4n) is 2.68. The summed E-state index contributed by atoms with van der Waals surface area (Å²) in [6.45, 7) is 1.98. The molecule has 1 aliphatic rings. The molecule has 0 aromatic heterocycles. The van der Waals surface area contributed by atoms with E-state index >= 15 is 0 Å². The Balaban J connectivity index is 1.81. The van der Waals surface area contributed by atoms with Crippen LogP contribution in [0.15, 0.2) is 48.5 Å². The van der Waals surface area contributed by atoms with Crippen LogP contribution in [0.2, 0.25) is 0 Å². The predicted octanol–water partition coefficient (Wildman–Crippen LogP) is 2.38. The van der Waals surface area contributed by atoms with Crippen molar-refractivity contribution in [1.82, 2.24) is 5.32 Å². The van der Waals surface area contributed by atoms with Crippen molar-refractivity contribution in [1.29, 1.82) is 0 Å². The molecule has 0 bridgehead atoms. The van der Waals surface area contributed by atoms with E-state index in [-0.39, 0.29) is 11.9 Å². The molecular formula is C17H17NO2. The molecule has 0 aliphatic heterocycles. The lowest BCUT2D eigenvalue weighted by molar-refractivity contribution is 0.0858. The van der Waals surface area contributed by atoms with Gasteiger partial charge in [-0.05, 0) is 30.2 Å². The molecule has 1 amide bonds. The molecule has 0 saturated carbocycles. The zero-order valence-corrected chi connectivity index (χ0v) is 11.3. The first kappa shape index (κ1) is 12.9. The van der Waals surface area contributed by atoms with Gasteiger partial charge in [0.2, 0.25) is 0 Å². The average Bonchev–Trinajstić information content (AvgIpc) is 2.76. The summed E-state index contributed by atoms with van der Waals surface area (Å²) in [6, 6.07) is 15.0. The number of carbonyl (C=O) groups excluding carboxylic acids is 1. The van der Waals surface area contributed by atoms with E-state index in [9.17, 15) is 9.90 Å². The number of hydrogen-bond acceptors (Lipinski definition) is 2. The first-order valence-corrected chi connectivity index (χ1v) is 6.78. The van der Waals surface area contributed by atoms with E-state index in [1.54, 1.807) is 12.1 Å². The van der Waals surface area contributed by atoms with E-state index in [1.165, 1.54) is 0 Å². The van der Waals surface area contributed by atoms with Gasteiger partial charge in [-0.15, -0.1) is 0 Å².